The van der Waals surface area contributed by atoms with Crippen molar-refractivity contribution in [3.8, 4) is 0 Å². The van der Waals surface area contributed by atoms with Crippen LogP contribution in [-0.2, 0) is 16.1 Å². The van der Waals surface area contributed by atoms with Gasteiger partial charge in [0.25, 0.3) is 5.91 Å². The van der Waals surface area contributed by atoms with Crippen LogP contribution in [-0.4, -0.2) is 45.4 Å². The Morgan fingerprint density at radius 3 is 2.55 bits per heavy atom. The number of amides is 2. The fraction of sp³-hybridized carbons (Fsp3) is 0.500. The molecule has 0 saturated heterocycles. The Kier molecular flexibility index (Phi) is 7.80. The summed E-state index contributed by atoms with van der Waals surface area (Å²) >= 11 is 2.22. The second kappa shape index (κ2) is 9.88. The van der Waals surface area contributed by atoms with Gasteiger partial charge in [-0.25, -0.2) is 4.79 Å². The maximum absolute atomic E-state index is 12.5. The number of carbonyl (C=O) groups excluding carboxylic acids is 3. The Morgan fingerprint density at radius 2 is 2.00 bits per heavy atom. The summed E-state index contributed by atoms with van der Waals surface area (Å²) in [5.74, 6) is -0.470. The van der Waals surface area contributed by atoms with Gasteiger partial charge in [-0.3, -0.25) is 9.59 Å². The van der Waals surface area contributed by atoms with Crippen molar-refractivity contribution < 1.29 is 19.1 Å². The Balaban J connectivity index is 2.17. The number of rotatable bonds is 9. The third kappa shape index (κ3) is 5.15. The van der Waals surface area contributed by atoms with Gasteiger partial charge in [-0.15, -0.1) is 21.5 Å². The first-order valence-electron chi connectivity index (χ1n) is 9.08. The molecular formula is C18H25N5O4S2. The Hall–Kier alpha value is -2.40. The largest absolute Gasteiger partial charge is 0.465 e. The van der Waals surface area contributed by atoms with Crippen molar-refractivity contribution in [2.45, 2.75) is 51.7 Å². The predicted molar refractivity (Wildman–Crippen MR) is 113 cm³/mol. The molecule has 0 radical (unpaired) electrons. The number of hydrogen-bond acceptors (Lipinski definition) is 8. The summed E-state index contributed by atoms with van der Waals surface area (Å²) in [6.07, 6.45) is 0.921. The zero-order valence-corrected chi connectivity index (χ0v) is 18.7. The van der Waals surface area contributed by atoms with E-state index in [1.54, 1.807) is 6.92 Å². The van der Waals surface area contributed by atoms with Gasteiger partial charge in [0, 0.05) is 12.5 Å². The molecule has 2 amide bonds. The molecule has 0 aromatic carbocycles. The molecule has 3 N–H and O–H groups in total. The summed E-state index contributed by atoms with van der Waals surface area (Å²) in [5, 5.41) is 12.0. The van der Waals surface area contributed by atoms with Gasteiger partial charge in [-0.05, 0) is 18.9 Å². The summed E-state index contributed by atoms with van der Waals surface area (Å²) in [5.41, 5.74) is 5.89. The van der Waals surface area contributed by atoms with Crippen molar-refractivity contribution >= 4 is 45.9 Å². The fourth-order valence-corrected chi connectivity index (χ4v) is 4.58. The van der Waals surface area contributed by atoms with Crippen LogP contribution < -0.4 is 11.1 Å². The van der Waals surface area contributed by atoms with Gasteiger partial charge in [-0.1, -0.05) is 32.5 Å². The van der Waals surface area contributed by atoms with E-state index in [1.165, 1.54) is 18.9 Å². The minimum atomic E-state index is -0.665. The summed E-state index contributed by atoms with van der Waals surface area (Å²) in [7, 11) is 1.23. The quantitative estimate of drug-likeness (QED) is 0.454. The monoisotopic (exact) mass is 439 g/mol. The minimum Gasteiger partial charge on any atom is -0.465 e. The lowest BCUT2D eigenvalue weighted by atomic mass is 10.1. The average molecular weight is 440 g/mol. The molecule has 0 aliphatic rings. The van der Waals surface area contributed by atoms with Crippen LogP contribution in [0.3, 0.4) is 0 Å². The molecule has 0 aliphatic heterocycles. The molecule has 2 aromatic rings. The molecule has 158 valence electrons. The molecule has 0 atom stereocenters. The van der Waals surface area contributed by atoms with E-state index in [0.717, 1.165) is 30.1 Å². The number of ether oxygens (including phenoxy) is 1. The molecule has 2 heterocycles. The number of anilines is 1. The molecule has 9 nitrogen and oxygen atoms in total. The van der Waals surface area contributed by atoms with Crippen molar-refractivity contribution in [2.75, 3.05) is 18.2 Å². The maximum atomic E-state index is 12.5. The number of methoxy groups -OCH3 is 1. The van der Waals surface area contributed by atoms with Crippen molar-refractivity contribution in [1.82, 2.24) is 14.8 Å². The van der Waals surface area contributed by atoms with Gasteiger partial charge in [-0.2, -0.15) is 0 Å². The molecule has 2 rings (SSSR count). The number of esters is 1. The minimum absolute atomic E-state index is 0.0728. The van der Waals surface area contributed by atoms with Crippen LogP contribution in [0.5, 0.6) is 0 Å². The van der Waals surface area contributed by atoms with E-state index in [4.69, 9.17) is 10.5 Å². The molecule has 29 heavy (non-hydrogen) atoms. The standard InChI is InChI=1S/C18H25N5O4S2/c1-6-7-23-15(9(2)3)21-22-18(23)28-8-11(24)20-16-12(17(26)27-5)10(4)13(29-16)14(19)25/h9H,6-8H2,1-5H3,(H2,19,25)(H,20,24). The van der Waals surface area contributed by atoms with E-state index in [-0.39, 0.29) is 33.0 Å². The van der Waals surface area contributed by atoms with E-state index in [9.17, 15) is 14.4 Å². The zero-order chi connectivity index (χ0) is 21.7. The average Bonchev–Trinajstić information content (AvgIpc) is 3.21. The molecular weight excluding hydrogens is 414 g/mol. The van der Waals surface area contributed by atoms with E-state index in [2.05, 4.69) is 22.4 Å². The summed E-state index contributed by atoms with van der Waals surface area (Å²) in [6.45, 7) is 8.51. The highest BCUT2D eigenvalue weighted by Crippen LogP contribution is 2.33. The Labute approximate surface area is 177 Å². The van der Waals surface area contributed by atoms with Crippen molar-refractivity contribution in [1.29, 1.82) is 0 Å². The smallest absolute Gasteiger partial charge is 0.341 e. The van der Waals surface area contributed by atoms with Gasteiger partial charge in [0.1, 0.15) is 10.8 Å². The highest BCUT2D eigenvalue weighted by atomic mass is 32.2. The zero-order valence-electron chi connectivity index (χ0n) is 17.1. The topological polar surface area (TPSA) is 129 Å². The maximum Gasteiger partial charge on any atom is 0.341 e. The number of aromatic nitrogens is 3. The van der Waals surface area contributed by atoms with Gasteiger partial charge in [0.2, 0.25) is 5.91 Å². The highest BCUT2D eigenvalue weighted by molar-refractivity contribution is 7.99. The van der Waals surface area contributed by atoms with Crippen molar-refractivity contribution in [2.24, 2.45) is 5.73 Å². The van der Waals surface area contributed by atoms with E-state index in [0.29, 0.717) is 10.7 Å². The fourth-order valence-electron chi connectivity index (χ4n) is 2.74. The number of nitrogens with one attached hydrogen (secondary N) is 1. The van der Waals surface area contributed by atoms with E-state index >= 15 is 0 Å². The predicted octanol–water partition coefficient (Wildman–Crippen LogP) is 2.80. The van der Waals surface area contributed by atoms with Crippen LogP contribution in [0, 0.1) is 6.92 Å². The third-order valence-electron chi connectivity index (χ3n) is 4.05. The van der Waals surface area contributed by atoms with Crippen molar-refractivity contribution in [3.05, 3.63) is 21.8 Å². The van der Waals surface area contributed by atoms with Crippen LogP contribution in [0.15, 0.2) is 5.16 Å². The molecule has 0 aliphatic carbocycles. The number of hydrogen-bond donors (Lipinski definition) is 2. The second-order valence-corrected chi connectivity index (χ2v) is 8.56. The SMILES string of the molecule is CCCn1c(SCC(=O)Nc2sc(C(N)=O)c(C)c2C(=O)OC)nnc1C(C)C. The van der Waals surface area contributed by atoms with Crippen LogP contribution in [0.1, 0.15) is 64.5 Å². The van der Waals surface area contributed by atoms with Gasteiger partial charge in [0.05, 0.1) is 23.3 Å². The molecule has 2 aromatic heterocycles. The third-order valence-corrected chi connectivity index (χ3v) is 6.24. The number of nitrogens with zero attached hydrogens (tertiary/aromatic N) is 3. The summed E-state index contributed by atoms with van der Waals surface area (Å²) in [4.78, 5) is 36.4. The number of primary amides is 1. The number of thiophene rings is 1. The lowest BCUT2D eigenvalue weighted by Crippen LogP contribution is -2.16. The molecule has 0 fully saturated rings. The van der Waals surface area contributed by atoms with E-state index in [1.807, 2.05) is 18.4 Å². The molecule has 0 unspecified atom stereocenters. The number of carbonyl (C=O) groups is 3. The van der Waals surface area contributed by atoms with Gasteiger partial charge >= 0.3 is 5.97 Å². The first kappa shape index (κ1) is 22.9. The molecule has 11 heteroatoms. The van der Waals surface area contributed by atoms with Crippen LogP contribution in [0.25, 0.3) is 0 Å². The lowest BCUT2D eigenvalue weighted by Gasteiger charge is -2.10. The second-order valence-electron chi connectivity index (χ2n) is 6.60. The van der Waals surface area contributed by atoms with E-state index < -0.39 is 11.9 Å². The molecule has 0 bridgehead atoms. The Morgan fingerprint density at radius 1 is 1.31 bits per heavy atom. The lowest BCUT2D eigenvalue weighted by molar-refractivity contribution is -0.113. The normalized spacial score (nSPS) is 11.0. The van der Waals surface area contributed by atoms with Crippen LogP contribution in [0.4, 0.5) is 5.00 Å². The molecule has 0 spiro atoms. The molecule has 0 saturated carbocycles. The summed E-state index contributed by atoms with van der Waals surface area (Å²) in [6, 6.07) is 0. The van der Waals surface area contributed by atoms with Crippen LogP contribution in [0.2, 0.25) is 0 Å². The first-order valence-corrected chi connectivity index (χ1v) is 10.9. The number of thioether (sulfide) groups is 1. The van der Waals surface area contributed by atoms with Crippen molar-refractivity contribution in [3.63, 3.8) is 0 Å². The van der Waals surface area contributed by atoms with Gasteiger partial charge in [0.15, 0.2) is 5.16 Å². The highest BCUT2D eigenvalue weighted by Gasteiger charge is 2.25. The Bertz CT molecular complexity index is 920. The first-order chi connectivity index (χ1) is 13.7. The van der Waals surface area contributed by atoms with Gasteiger partial charge < -0.3 is 20.4 Å². The van der Waals surface area contributed by atoms with Crippen LogP contribution >= 0.6 is 23.1 Å². The summed E-state index contributed by atoms with van der Waals surface area (Å²) < 4.78 is 6.78. The number of nitrogens with two attached hydrogens (primary N) is 1.